The lowest BCUT2D eigenvalue weighted by Gasteiger charge is -2.31. The maximum Gasteiger partial charge on any atom is 0.352 e. The molecule has 0 bridgehead atoms. The number of nitrogens with zero attached hydrogens (tertiary/aromatic N) is 1. The van der Waals surface area contributed by atoms with E-state index in [0.29, 0.717) is 6.42 Å². The lowest BCUT2D eigenvalue weighted by molar-refractivity contribution is -0.139. The van der Waals surface area contributed by atoms with Gasteiger partial charge in [-0.25, -0.2) is 0 Å². The first-order chi connectivity index (χ1) is 13.7. The lowest BCUT2D eigenvalue weighted by Crippen LogP contribution is -2.44. The predicted octanol–water partition coefficient (Wildman–Crippen LogP) is 2.57. The third-order valence-corrected chi connectivity index (χ3v) is 7.03. The molecule has 29 heavy (non-hydrogen) atoms. The van der Waals surface area contributed by atoms with Crippen LogP contribution in [0, 0.1) is 5.92 Å². The molecular formula is C19H27N2O7P. The smallest absolute Gasteiger partial charge is 0.352 e. The highest BCUT2D eigenvalue weighted by molar-refractivity contribution is 7.54. The standard InChI is InChI=1S/C19H27N2O7P/c1-12(2)11-15(19(24)25)20-10-9-16(29(26,27-3)28-4)21-17(22)13-7-5-6-8-14(13)18(21)23/h5-8,12,15-16,20H,9-11H2,1-4H3,(H,24,25)/t15-,16?/m0/s1. The first-order valence-electron chi connectivity index (χ1n) is 9.30. The normalized spacial score (nSPS) is 16.2. The Balaban J connectivity index is 2.26. The number of carboxylic acids is 1. The third-order valence-electron chi connectivity index (χ3n) is 4.80. The van der Waals surface area contributed by atoms with Crippen LogP contribution in [0.15, 0.2) is 24.3 Å². The van der Waals surface area contributed by atoms with Crippen LogP contribution >= 0.6 is 7.60 Å². The van der Waals surface area contributed by atoms with Gasteiger partial charge in [-0.3, -0.25) is 23.8 Å². The van der Waals surface area contributed by atoms with E-state index in [1.165, 1.54) is 26.4 Å². The van der Waals surface area contributed by atoms with Gasteiger partial charge in [-0.15, -0.1) is 0 Å². The number of aliphatic carboxylic acids is 1. The van der Waals surface area contributed by atoms with Gasteiger partial charge in [0.15, 0.2) is 0 Å². The van der Waals surface area contributed by atoms with Crippen LogP contribution in [0.5, 0.6) is 0 Å². The van der Waals surface area contributed by atoms with Crippen LogP contribution in [-0.4, -0.2) is 60.4 Å². The fraction of sp³-hybridized carbons (Fsp3) is 0.526. The second-order valence-corrected chi connectivity index (χ2v) is 9.58. The first kappa shape index (κ1) is 23.2. The van der Waals surface area contributed by atoms with E-state index in [1.807, 2.05) is 13.8 Å². The molecule has 1 aromatic carbocycles. The van der Waals surface area contributed by atoms with Gasteiger partial charge in [0.25, 0.3) is 11.8 Å². The fourth-order valence-corrected chi connectivity index (χ4v) is 4.93. The Labute approximate surface area is 169 Å². The Morgan fingerprint density at radius 2 is 1.66 bits per heavy atom. The van der Waals surface area contributed by atoms with E-state index in [0.717, 1.165) is 4.90 Å². The van der Waals surface area contributed by atoms with E-state index < -0.39 is 37.2 Å². The average molecular weight is 426 g/mol. The van der Waals surface area contributed by atoms with E-state index in [1.54, 1.807) is 12.1 Å². The number of carboxylic acid groups (broad SMARTS) is 1. The number of rotatable bonds is 11. The molecule has 10 heteroatoms. The first-order valence-corrected chi connectivity index (χ1v) is 10.9. The molecule has 160 valence electrons. The van der Waals surface area contributed by atoms with Crippen LogP contribution in [-0.2, 0) is 18.4 Å². The Hall–Kier alpha value is -2.06. The molecule has 2 amide bonds. The number of carbonyl (C=O) groups excluding carboxylic acids is 2. The number of hydrogen-bond acceptors (Lipinski definition) is 7. The zero-order valence-electron chi connectivity index (χ0n) is 17.0. The molecule has 1 heterocycles. The summed E-state index contributed by atoms with van der Waals surface area (Å²) in [4.78, 5) is 38.0. The minimum absolute atomic E-state index is 0.00625. The van der Waals surface area contributed by atoms with Gasteiger partial charge in [0.05, 0.1) is 11.1 Å². The topological polar surface area (TPSA) is 122 Å². The Morgan fingerprint density at radius 1 is 1.14 bits per heavy atom. The highest BCUT2D eigenvalue weighted by atomic mass is 31.2. The molecule has 0 spiro atoms. The van der Waals surface area contributed by atoms with Gasteiger partial charge in [0.2, 0.25) is 0 Å². The summed E-state index contributed by atoms with van der Waals surface area (Å²) in [6.07, 6.45) is 0.408. The molecular weight excluding hydrogens is 399 g/mol. The molecule has 0 fully saturated rings. The second kappa shape index (κ2) is 9.63. The summed E-state index contributed by atoms with van der Waals surface area (Å²) in [6, 6.07) is 5.53. The number of hydrogen-bond donors (Lipinski definition) is 2. The van der Waals surface area contributed by atoms with Gasteiger partial charge in [0.1, 0.15) is 11.8 Å². The van der Waals surface area contributed by atoms with Crippen molar-refractivity contribution in [2.45, 2.75) is 38.5 Å². The highest BCUT2D eigenvalue weighted by Crippen LogP contribution is 2.55. The molecule has 1 unspecified atom stereocenters. The molecule has 2 rings (SSSR count). The Bertz CT molecular complexity index is 784. The minimum atomic E-state index is -3.86. The van der Waals surface area contributed by atoms with Gasteiger partial charge in [-0.1, -0.05) is 26.0 Å². The van der Waals surface area contributed by atoms with E-state index in [2.05, 4.69) is 5.32 Å². The van der Waals surface area contributed by atoms with Crippen molar-refractivity contribution in [3.8, 4) is 0 Å². The molecule has 1 aliphatic rings. The van der Waals surface area contributed by atoms with E-state index >= 15 is 0 Å². The van der Waals surface area contributed by atoms with Gasteiger partial charge in [0, 0.05) is 14.2 Å². The minimum Gasteiger partial charge on any atom is -0.480 e. The molecule has 9 nitrogen and oxygen atoms in total. The third kappa shape index (κ3) is 4.93. The van der Waals surface area contributed by atoms with E-state index in [-0.39, 0.29) is 30.0 Å². The summed E-state index contributed by atoms with van der Waals surface area (Å²) in [6.45, 7) is 3.91. The number of fused-ring (bicyclic) bond motifs is 1. The summed E-state index contributed by atoms with van der Waals surface area (Å²) in [5.74, 6) is -3.20. The lowest BCUT2D eigenvalue weighted by atomic mass is 10.0. The summed E-state index contributed by atoms with van der Waals surface area (Å²) >= 11 is 0. The Morgan fingerprint density at radius 3 is 2.07 bits per heavy atom. The molecule has 0 saturated heterocycles. The highest BCUT2D eigenvalue weighted by Gasteiger charge is 2.48. The quantitative estimate of drug-likeness (QED) is 0.409. The van der Waals surface area contributed by atoms with Crippen LogP contribution in [0.25, 0.3) is 0 Å². The zero-order valence-corrected chi connectivity index (χ0v) is 17.8. The summed E-state index contributed by atoms with van der Waals surface area (Å²) < 4.78 is 23.3. The van der Waals surface area contributed by atoms with Crippen molar-refractivity contribution < 1.29 is 33.1 Å². The van der Waals surface area contributed by atoms with Crippen LogP contribution in [0.2, 0.25) is 0 Å². The Kier molecular flexibility index (Phi) is 7.71. The summed E-state index contributed by atoms with van der Waals surface area (Å²) in [7, 11) is -1.49. The van der Waals surface area contributed by atoms with Crippen LogP contribution in [0.1, 0.15) is 47.4 Å². The van der Waals surface area contributed by atoms with Gasteiger partial charge in [-0.2, -0.15) is 0 Å². The summed E-state index contributed by atoms with van der Waals surface area (Å²) in [5.41, 5.74) is 0.440. The van der Waals surface area contributed by atoms with E-state index in [9.17, 15) is 24.1 Å². The molecule has 0 aromatic heterocycles. The SMILES string of the molecule is COP(=O)(OC)C(CCN[C@@H](CC(C)C)C(=O)O)N1C(=O)c2ccccc2C1=O. The average Bonchev–Trinajstić information content (AvgIpc) is 2.94. The maximum absolute atomic E-state index is 13.1. The number of benzene rings is 1. The van der Waals surface area contributed by atoms with Gasteiger partial charge < -0.3 is 19.5 Å². The van der Waals surface area contributed by atoms with Crippen LogP contribution < -0.4 is 5.32 Å². The molecule has 1 aromatic rings. The largest absolute Gasteiger partial charge is 0.480 e. The van der Waals surface area contributed by atoms with Gasteiger partial charge >= 0.3 is 13.6 Å². The van der Waals surface area contributed by atoms with Crippen molar-refractivity contribution in [1.29, 1.82) is 0 Å². The molecule has 0 saturated carbocycles. The molecule has 0 aliphatic carbocycles. The van der Waals surface area contributed by atoms with Crippen molar-refractivity contribution in [2.75, 3.05) is 20.8 Å². The van der Waals surface area contributed by atoms with Crippen molar-refractivity contribution >= 4 is 25.4 Å². The monoisotopic (exact) mass is 426 g/mol. The van der Waals surface area contributed by atoms with Crippen molar-refractivity contribution in [2.24, 2.45) is 5.92 Å². The number of amides is 2. The molecule has 0 radical (unpaired) electrons. The zero-order chi connectivity index (χ0) is 21.8. The van der Waals surface area contributed by atoms with Gasteiger partial charge in [-0.05, 0) is 37.4 Å². The predicted molar refractivity (Wildman–Crippen MR) is 106 cm³/mol. The van der Waals surface area contributed by atoms with Crippen molar-refractivity contribution in [3.63, 3.8) is 0 Å². The van der Waals surface area contributed by atoms with Crippen LogP contribution in [0.4, 0.5) is 0 Å². The molecule has 1 aliphatic heterocycles. The number of nitrogens with one attached hydrogen (secondary N) is 1. The number of imide groups is 1. The molecule has 2 atom stereocenters. The van der Waals surface area contributed by atoms with E-state index in [4.69, 9.17) is 9.05 Å². The summed E-state index contributed by atoms with van der Waals surface area (Å²) in [5, 5.41) is 12.3. The van der Waals surface area contributed by atoms with Crippen molar-refractivity contribution in [1.82, 2.24) is 10.2 Å². The molecule has 2 N–H and O–H groups in total. The van der Waals surface area contributed by atoms with Crippen LogP contribution in [0.3, 0.4) is 0 Å². The van der Waals surface area contributed by atoms with Crippen molar-refractivity contribution in [3.05, 3.63) is 35.4 Å². The maximum atomic E-state index is 13.1. The second-order valence-electron chi connectivity index (χ2n) is 7.17. The fourth-order valence-electron chi connectivity index (χ4n) is 3.35. The number of carbonyl (C=O) groups is 3.